The second-order valence-electron chi connectivity index (χ2n) is 2.49. The van der Waals surface area contributed by atoms with Gasteiger partial charge in [-0.15, -0.1) is 0 Å². The number of aromatic nitrogens is 2. The van der Waals surface area contributed by atoms with E-state index in [4.69, 9.17) is 0 Å². The van der Waals surface area contributed by atoms with E-state index in [1.807, 2.05) is 18.6 Å². The Bertz CT molecular complexity index is 233. The zero-order valence-corrected chi connectivity index (χ0v) is 7.71. The summed E-state index contributed by atoms with van der Waals surface area (Å²) >= 11 is 0. The van der Waals surface area contributed by atoms with Gasteiger partial charge >= 0.3 is 7.25 Å². The Hall–Kier alpha value is -1.14. The topological polar surface area (TPSA) is 16.8 Å². The summed E-state index contributed by atoms with van der Waals surface area (Å²) in [6.45, 7) is 3.22. The molecule has 0 saturated heterocycles. The Morgan fingerprint density at radius 2 is 1.86 bits per heavy atom. The fourth-order valence-corrected chi connectivity index (χ4v) is 0.752. The van der Waals surface area contributed by atoms with Crippen molar-refractivity contribution in [3.05, 3.63) is 24.8 Å². The molecule has 0 atom stereocenters. The SMILES string of the molecule is CCC[n+]1cccnc1.F[B-](F)(F)F. The first kappa shape index (κ1) is 12.9. The molecule has 80 valence electrons. The van der Waals surface area contributed by atoms with Gasteiger partial charge < -0.3 is 17.3 Å². The van der Waals surface area contributed by atoms with E-state index in [2.05, 4.69) is 16.5 Å². The van der Waals surface area contributed by atoms with Crippen LogP contribution in [0.3, 0.4) is 0 Å². The average Bonchev–Trinajstić information content (AvgIpc) is 2.03. The molecule has 0 aromatic carbocycles. The summed E-state index contributed by atoms with van der Waals surface area (Å²) in [5, 5.41) is 0. The Morgan fingerprint density at radius 3 is 2.21 bits per heavy atom. The van der Waals surface area contributed by atoms with Crippen LogP contribution in [0.4, 0.5) is 17.3 Å². The third kappa shape index (κ3) is 10.9. The minimum absolute atomic E-state index is 1.06. The molecular weight excluding hydrogens is 199 g/mol. The third-order valence-corrected chi connectivity index (χ3v) is 1.15. The smallest absolute Gasteiger partial charge is 0.418 e. The lowest BCUT2D eigenvalue weighted by Gasteiger charge is -1.94. The molecule has 0 unspecified atom stereocenters. The average molecular weight is 210 g/mol. The molecule has 0 spiro atoms. The minimum atomic E-state index is -6.00. The van der Waals surface area contributed by atoms with Crippen molar-refractivity contribution >= 4 is 7.25 Å². The second kappa shape index (κ2) is 6.34. The molecule has 0 amide bonds. The van der Waals surface area contributed by atoms with Gasteiger partial charge in [-0.3, -0.25) is 0 Å². The lowest BCUT2D eigenvalue weighted by Crippen LogP contribution is -2.32. The van der Waals surface area contributed by atoms with Crippen molar-refractivity contribution in [1.82, 2.24) is 4.98 Å². The van der Waals surface area contributed by atoms with Crippen LogP contribution in [0.1, 0.15) is 13.3 Å². The van der Waals surface area contributed by atoms with Crippen LogP contribution in [0.2, 0.25) is 0 Å². The molecule has 1 aromatic heterocycles. The highest BCUT2D eigenvalue weighted by Crippen LogP contribution is 2.06. The van der Waals surface area contributed by atoms with E-state index in [9.17, 15) is 17.3 Å². The zero-order chi connectivity index (χ0) is 11.0. The number of aryl methyl sites for hydroxylation is 1. The summed E-state index contributed by atoms with van der Waals surface area (Å²) in [5.41, 5.74) is 0. The van der Waals surface area contributed by atoms with Crippen molar-refractivity contribution in [3.63, 3.8) is 0 Å². The van der Waals surface area contributed by atoms with Crippen LogP contribution in [0, 0.1) is 0 Å². The lowest BCUT2D eigenvalue weighted by atomic mass is 10.3. The molecule has 0 aliphatic carbocycles. The molecule has 1 aromatic rings. The van der Waals surface area contributed by atoms with Crippen LogP contribution in [0.25, 0.3) is 0 Å². The summed E-state index contributed by atoms with van der Waals surface area (Å²) in [4.78, 5) is 3.97. The van der Waals surface area contributed by atoms with Crippen LogP contribution in [-0.4, -0.2) is 12.2 Å². The fourth-order valence-electron chi connectivity index (χ4n) is 0.752. The number of rotatable bonds is 2. The van der Waals surface area contributed by atoms with Gasteiger partial charge in [-0.1, -0.05) is 11.9 Å². The van der Waals surface area contributed by atoms with E-state index >= 15 is 0 Å². The molecule has 14 heavy (non-hydrogen) atoms. The van der Waals surface area contributed by atoms with E-state index < -0.39 is 7.25 Å². The number of halogens is 4. The van der Waals surface area contributed by atoms with Crippen LogP contribution in [0.5, 0.6) is 0 Å². The van der Waals surface area contributed by atoms with Gasteiger partial charge in [0.05, 0.1) is 12.7 Å². The molecule has 0 aliphatic rings. The summed E-state index contributed by atoms with van der Waals surface area (Å²) in [5.74, 6) is 0. The third-order valence-electron chi connectivity index (χ3n) is 1.15. The first-order valence-electron chi connectivity index (χ1n) is 4.10. The predicted octanol–water partition coefficient (Wildman–Crippen LogP) is 2.08. The van der Waals surface area contributed by atoms with Crippen molar-refractivity contribution in [1.29, 1.82) is 0 Å². The maximum atomic E-state index is 9.75. The van der Waals surface area contributed by atoms with Gasteiger partial charge in [-0.2, -0.15) is 0 Å². The first-order valence-corrected chi connectivity index (χ1v) is 4.10. The van der Waals surface area contributed by atoms with E-state index in [1.54, 1.807) is 6.20 Å². The number of hydrogen-bond donors (Lipinski definition) is 0. The predicted molar refractivity (Wildman–Crippen MR) is 44.9 cm³/mol. The van der Waals surface area contributed by atoms with Crippen molar-refractivity contribution in [2.75, 3.05) is 0 Å². The molecule has 0 N–H and O–H groups in total. The molecule has 2 nitrogen and oxygen atoms in total. The van der Waals surface area contributed by atoms with Crippen molar-refractivity contribution in [2.45, 2.75) is 19.9 Å². The summed E-state index contributed by atoms with van der Waals surface area (Å²) < 4.78 is 41.1. The van der Waals surface area contributed by atoms with Crippen LogP contribution < -0.4 is 4.57 Å². The van der Waals surface area contributed by atoms with Crippen molar-refractivity contribution in [2.24, 2.45) is 0 Å². The van der Waals surface area contributed by atoms with Gasteiger partial charge in [0.1, 0.15) is 6.20 Å². The Balaban J connectivity index is 0.000000292. The molecule has 0 fully saturated rings. The van der Waals surface area contributed by atoms with E-state index in [0.717, 1.165) is 13.0 Å². The largest absolute Gasteiger partial charge is 0.673 e. The maximum Gasteiger partial charge on any atom is 0.673 e. The van der Waals surface area contributed by atoms with Crippen LogP contribution in [-0.2, 0) is 6.54 Å². The Morgan fingerprint density at radius 1 is 1.29 bits per heavy atom. The highest BCUT2D eigenvalue weighted by molar-refractivity contribution is 6.50. The van der Waals surface area contributed by atoms with Gasteiger partial charge in [0.25, 0.3) is 6.33 Å². The normalized spacial score (nSPS) is 10.4. The molecule has 1 heterocycles. The summed E-state index contributed by atoms with van der Waals surface area (Å²) in [6, 6.07) is 1.94. The van der Waals surface area contributed by atoms with Crippen LogP contribution >= 0.6 is 0 Å². The van der Waals surface area contributed by atoms with Crippen LogP contribution in [0.15, 0.2) is 24.8 Å². The Kier molecular flexibility index (Phi) is 5.82. The van der Waals surface area contributed by atoms with E-state index in [0.29, 0.717) is 0 Å². The molecule has 7 heteroatoms. The van der Waals surface area contributed by atoms with Gasteiger partial charge in [0, 0.05) is 6.07 Å². The monoisotopic (exact) mass is 210 g/mol. The molecule has 1 rings (SSSR count). The van der Waals surface area contributed by atoms with Gasteiger partial charge in [0.2, 0.25) is 0 Å². The highest BCUT2D eigenvalue weighted by Gasteiger charge is 2.20. The number of hydrogen-bond acceptors (Lipinski definition) is 1. The van der Waals surface area contributed by atoms with Crippen molar-refractivity contribution < 1.29 is 21.8 Å². The quantitative estimate of drug-likeness (QED) is 0.414. The summed E-state index contributed by atoms with van der Waals surface area (Å²) in [7, 11) is -6.00. The van der Waals surface area contributed by atoms with E-state index in [1.165, 1.54) is 0 Å². The van der Waals surface area contributed by atoms with Gasteiger partial charge in [-0.25, -0.2) is 4.57 Å². The fraction of sp³-hybridized carbons (Fsp3) is 0.429. The lowest BCUT2D eigenvalue weighted by molar-refractivity contribution is -0.699. The molecular formula is C7H11BF4N2. The van der Waals surface area contributed by atoms with E-state index in [-0.39, 0.29) is 0 Å². The first-order chi connectivity index (χ1) is 6.43. The number of nitrogens with zero attached hydrogens (tertiary/aromatic N) is 2. The Labute approximate surface area is 79.7 Å². The summed E-state index contributed by atoms with van der Waals surface area (Å²) in [6.07, 6.45) is 6.81. The molecule has 0 bridgehead atoms. The molecule has 0 radical (unpaired) electrons. The highest BCUT2D eigenvalue weighted by atomic mass is 19.5. The standard InChI is InChI=1S/C7H11N2.BF4/c1-2-5-9-6-3-4-8-7-9;2-1(3,4)5/h3-4,6-7H,2,5H2,1H3;/q+1;-1. The second-order valence-corrected chi connectivity index (χ2v) is 2.49. The van der Waals surface area contributed by atoms with Crippen molar-refractivity contribution in [3.8, 4) is 0 Å². The molecule has 0 aliphatic heterocycles. The zero-order valence-electron chi connectivity index (χ0n) is 7.71. The maximum absolute atomic E-state index is 9.75. The minimum Gasteiger partial charge on any atom is -0.418 e. The molecule has 0 saturated carbocycles. The van der Waals surface area contributed by atoms with Gasteiger partial charge in [0.15, 0.2) is 0 Å². The van der Waals surface area contributed by atoms with Gasteiger partial charge in [-0.05, 0) is 6.42 Å².